The Bertz CT molecular complexity index is 635. The Morgan fingerprint density at radius 3 is 2.76 bits per heavy atom. The smallest absolute Gasteiger partial charge is 0.155 e. The second-order valence-electron chi connectivity index (χ2n) is 3.57. The van der Waals surface area contributed by atoms with Crippen molar-refractivity contribution in [3.63, 3.8) is 0 Å². The topological polar surface area (TPSA) is 82.1 Å². The number of imidazole rings is 1. The van der Waals surface area contributed by atoms with Crippen molar-refractivity contribution in [3.05, 3.63) is 35.8 Å². The third-order valence-corrected chi connectivity index (χ3v) is 2.56. The van der Waals surface area contributed by atoms with Crippen molar-refractivity contribution in [2.45, 2.75) is 0 Å². The van der Waals surface area contributed by atoms with E-state index in [0.717, 1.165) is 11.0 Å². The van der Waals surface area contributed by atoms with Crippen molar-refractivity contribution < 1.29 is 10.2 Å². The zero-order valence-electron chi connectivity index (χ0n) is 9.25. The number of nitrogens with zero attached hydrogens (tertiary/aromatic N) is 3. The first kappa shape index (κ1) is 11.2. The molecule has 1 aromatic heterocycles. The number of aromatic nitrogens is 2. The summed E-state index contributed by atoms with van der Waals surface area (Å²) in [6.07, 6.45) is 0. The summed E-state index contributed by atoms with van der Waals surface area (Å²) in [7, 11) is 1.76. The Labute approximate surface area is 97.9 Å². The van der Waals surface area contributed by atoms with Crippen LogP contribution in [0.4, 0.5) is 0 Å². The highest BCUT2D eigenvalue weighted by Crippen LogP contribution is 2.21. The number of rotatable bonds is 2. The van der Waals surface area contributed by atoms with E-state index in [1.54, 1.807) is 11.6 Å². The summed E-state index contributed by atoms with van der Waals surface area (Å²) in [5.74, 6) is -0.0221. The molecular formula is C12H11N3O2. The summed E-state index contributed by atoms with van der Waals surface area (Å²) in [6.45, 7) is -0.577. The molecule has 0 amide bonds. The van der Waals surface area contributed by atoms with Gasteiger partial charge >= 0.3 is 0 Å². The van der Waals surface area contributed by atoms with Gasteiger partial charge in [-0.3, -0.25) is 0 Å². The lowest BCUT2D eigenvalue weighted by molar-refractivity contribution is 0.255. The third-order valence-electron chi connectivity index (χ3n) is 2.56. The van der Waals surface area contributed by atoms with E-state index in [0.29, 0.717) is 5.82 Å². The van der Waals surface area contributed by atoms with Gasteiger partial charge in [0.05, 0.1) is 11.0 Å². The average Bonchev–Trinajstić information content (AvgIpc) is 2.68. The number of para-hydroxylation sites is 2. The Kier molecular flexibility index (Phi) is 2.81. The van der Waals surface area contributed by atoms with Crippen LogP contribution in [0.5, 0.6) is 0 Å². The largest absolute Gasteiger partial charge is 0.508 e. The minimum atomic E-state index is -0.577. The predicted molar refractivity (Wildman–Crippen MR) is 63.0 cm³/mol. The number of aryl methyl sites for hydroxylation is 1. The number of nitriles is 1. The molecule has 0 saturated carbocycles. The number of fused-ring (bicyclic) bond motifs is 1. The molecule has 2 rings (SSSR count). The van der Waals surface area contributed by atoms with Gasteiger partial charge in [-0.05, 0) is 12.1 Å². The maximum absolute atomic E-state index is 9.47. The molecule has 17 heavy (non-hydrogen) atoms. The molecule has 86 valence electrons. The molecule has 1 aromatic carbocycles. The van der Waals surface area contributed by atoms with Crippen LogP contribution in [0, 0.1) is 11.3 Å². The summed E-state index contributed by atoms with van der Waals surface area (Å²) in [6, 6.07) is 9.27. The average molecular weight is 229 g/mol. The molecule has 0 radical (unpaired) electrons. The van der Waals surface area contributed by atoms with Crippen LogP contribution in [0.1, 0.15) is 5.82 Å². The normalized spacial score (nSPS) is 12.3. The van der Waals surface area contributed by atoms with Crippen molar-refractivity contribution in [2.75, 3.05) is 6.61 Å². The quantitative estimate of drug-likeness (QED) is 0.601. The highest BCUT2D eigenvalue weighted by molar-refractivity contribution is 5.83. The molecule has 0 bridgehead atoms. The zero-order chi connectivity index (χ0) is 12.4. The molecule has 5 heteroatoms. The van der Waals surface area contributed by atoms with Crippen LogP contribution in [-0.4, -0.2) is 26.4 Å². The first-order chi connectivity index (χ1) is 8.19. The van der Waals surface area contributed by atoms with Crippen molar-refractivity contribution in [2.24, 2.45) is 7.05 Å². The Morgan fingerprint density at radius 2 is 2.18 bits per heavy atom. The molecule has 5 nitrogen and oxygen atoms in total. The number of allylic oxidation sites excluding steroid dienone is 1. The van der Waals surface area contributed by atoms with Gasteiger partial charge in [0, 0.05) is 7.05 Å². The lowest BCUT2D eigenvalue weighted by Gasteiger charge is -2.02. The molecule has 1 heterocycles. The molecule has 0 fully saturated rings. The highest BCUT2D eigenvalue weighted by atomic mass is 16.3. The Morgan fingerprint density at radius 1 is 1.47 bits per heavy atom. The molecule has 0 spiro atoms. The zero-order valence-corrected chi connectivity index (χ0v) is 9.25. The van der Waals surface area contributed by atoms with E-state index in [2.05, 4.69) is 4.98 Å². The van der Waals surface area contributed by atoms with Crippen LogP contribution in [0.3, 0.4) is 0 Å². The van der Waals surface area contributed by atoms with E-state index < -0.39 is 6.61 Å². The number of aliphatic hydroxyl groups is 2. The van der Waals surface area contributed by atoms with Crippen molar-refractivity contribution in [1.82, 2.24) is 9.55 Å². The lowest BCUT2D eigenvalue weighted by atomic mass is 10.2. The van der Waals surface area contributed by atoms with Gasteiger partial charge in [-0.1, -0.05) is 12.1 Å². The lowest BCUT2D eigenvalue weighted by Crippen LogP contribution is -2.01. The van der Waals surface area contributed by atoms with Crippen molar-refractivity contribution in [3.8, 4) is 6.07 Å². The molecule has 2 aromatic rings. The van der Waals surface area contributed by atoms with Crippen molar-refractivity contribution in [1.29, 1.82) is 5.26 Å². The van der Waals surface area contributed by atoms with Crippen LogP contribution in [0.2, 0.25) is 0 Å². The summed E-state index contributed by atoms with van der Waals surface area (Å²) in [5.41, 5.74) is 1.59. The predicted octanol–water partition coefficient (Wildman–Crippen LogP) is 1.36. The van der Waals surface area contributed by atoms with Gasteiger partial charge in [-0.2, -0.15) is 5.26 Å². The van der Waals surface area contributed by atoms with E-state index >= 15 is 0 Å². The first-order valence-corrected chi connectivity index (χ1v) is 5.04. The molecule has 0 aliphatic heterocycles. The Hall–Kier alpha value is -2.32. The maximum Gasteiger partial charge on any atom is 0.155 e. The van der Waals surface area contributed by atoms with Crippen LogP contribution in [0.25, 0.3) is 16.6 Å². The SMILES string of the molecule is Cn1c(/C(C#N)=C(\O)CO)nc2ccccc21. The van der Waals surface area contributed by atoms with Gasteiger partial charge in [-0.25, -0.2) is 4.98 Å². The summed E-state index contributed by atoms with van der Waals surface area (Å²) in [5, 5.41) is 27.3. The van der Waals surface area contributed by atoms with E-state index in [9.17, 15) is 5.11 Å². The first-order valence-electron chi connectivity index (χ1n) is 5.04. The fourth-order valence-corrected chi connectivity index (χ4v) is 1.69. The van der Waals surface area contributed by atoms with Gasteiger partial charge in [0.25, 0.3) is 0 Å². The second kappa shape index (κ2) is 4.28. The summed E-state index contributed by atoms with van der Waals surface area (Å²) < 4.78 is 1.71. The second-order valence-corrected chi connectivity index (χ2v) is 3.57. The minimum Gasteiger partial charge on any atom is -0.508 e. The van der Waals surface area contributed by atoms with E-state index in [4.69, 9.17) is 10.4 Å². The summed E-state index contributed by atoms with van der Waals surface area (Å²) >= 11 is 0. The third kappa shape index (κ3) is 1.75. The van der Waals surface area contributed by atoms with E-state index in [1.807, 2.05) is 30.3 Å². The maximum atomic E-state index is 9.47. The van der Waals surface area contributed by atoms with Crippen LogP contribution in [-0.2, 0) is 7.05 Å². The number of aliphatic hydroxyl groups excluding tert-OH is 2. The van der Waals surface area contributed by atoms with Crippen LogP contribution in [0.15, 0.2) is 30.0 Å². The molecule has 0 atom stereocenters. The molecule has 2 N–H and O–H groups in total. The summed E-state index contributed by atoms with van der Waals surface area (Å²) in [4.78, 5) is 4.26. The van der Waals surface area contributed by atoms with Crippen LogP contribution >= 0.6 is 0 Å². The molecule has 0 saturated heterocycles. The Balaban J connectivity index is 2.72. The monoisotopic (exact) mass is 229 g/mol. The standard InChI is InChI=1S/C12H11N3O2/c1-15-10-5-3-2-4-9(10)14-12(15)8(6-13)11(17)7-16/h2-5,16-17H,7H2,1H3/b11-8-. The highest BCUT2D eigenvalue weighted by Gasteiger charge is 2.15. The van der Waals surface area contributed by atoms with Gasteiger partial charge in [0.15, 0.2) is 5.82 Å². The number of benzene rings is 1. The van der Waals surface area contributed by atoms with Gasteiger partial charge in [0.1, 0.15) is 24.0 Å². The fraction of sp³-hybridized carbons (Fsp3) is 0.167. The fourth-order valence-electron chi connectivity index (χ4n) is 1.69. The number of hydrogen-bond acceptors (Lipinski definition) is 4. The van der Waals surface area contributed by atoms with Crippen molar-refractivity contribution >= 4 is 16.6 Å². The van der Waals surface area contributed by atoms with Gasteiger partial charge in [-0.15, -0.1) is 0 Å². The number of hydrogen-bond donors (Lipinski definition) is 2. The van der Waals surface area contributed by atoms with Crippen LogP contribution < -0.4 is 0 Å². The molecule has 0 unspecified atom stereocenters. The van der Waals surface area contributed by atoms with Gasteiger partial charge < -0.3 is 14.8 Å². The molecule has 0 aliphatic carbocycles. The minimum absolute atomic E-state index is 0.00815. The van der Waals surface area contributed by atoms with E-state index in [-0.39, 0.29) is 11.3 Å². The van der Waals surface area contributed by atoms with Gasteiger partial charge in [0.2, 0.25) is 0 Å². The van der Waals surface area contributed by atoms with E-state index in [1.165, 1.54) is 0 Å². The molecular weight excluding hydrogens is 218 g/mol. The molecule has 0 aliphatic rings.